The molecule has 112 valence electrons. The maximum absolute atomic E-state index is 12.6. The maximum atomic E-state index is 12.6. The van der Waals surface area contributed by atoms with E-state index in [0.29, 0.717) is 5.75 Å². The summed E-state index contributed by atoms with van der Waals surface area (Å²) in [7, 11) is 0. The summed E-state index contributed by atoms with van der Waals surface area (Å²) in [6, 6.07) is 16.4. The molecule has 0 bridgehead atoms. The van der Waals surface area contributed by atoms with Gasteiger partial charge in [0.1, 0.15) is 0 Å². The molecule has 0 saturated carbocycles. The summed E-state index contributed by atoms with van der Waals surface area (Å²) in [5, 5.41) is 1.03. The maximum Gasteiger partial charge on any atom is 0.175 e. The number of H-pyrrole nitrogens is 1. The van der Waals surface area contributed by atoms with Crippen molar-refractivity contribution in [1.82, 2.24) is 4.98 Å². The third-order valence-corrected chi connectivity index (χ3v) is 4.76. The molecular weight excluding hydrogens is 290 g/mol. The Labute approximate surface area is 134 Å². The number of ketones is 1. The van der Waals surface area contributed by atoms with E-state index >= 15 is 0 Å². The van der Waals surface area contributed by atoms with Crippen molar-refractivity contribution in [2.75, 3.05) is 5.75 Å². The van der Waals surface area contributed by atoms with Gasteiger partial charge in [0.25, 0.3) is 0 Å². The molecule has 22 heavy (non-hydrogen) atoms. The van der Waals surface area contributed by atoms with Gasteiger partial charge in [-0.1, -0.05) is 48.0 Å². The number of thioether (sulfide) groups is 1. The van der Waals surface area contributed by atoms with Gasteiger partial charge in [-0.15, -0.1) is 11.8 Å². The molecule has 0 saturated heterocycles. The number of carbonyl (C=O) groups is 1. The van der Waals surface area contributed by atoms with Gasteiger partial charge in [-0.25, -0.2) is 0 Å². The molecule has 0 spiro atoms. The first-order valence-electron chi connectivity index (χ1n) is 7.39. The number of carbonyl (C=O) groups excluding carboxylic acids is 1. The van der Waals surface area contributed by atoms with Crippen molar-refractivity contribution in [3.8, 4) is 0 Å². The predicted molar refractivity (Wildman–Crippen MR) is 94.7 cm³/mol. The minimum Gasteiger partial charge on any atom is -0.358 e. The van der Waals surface area contributed by atoms with Crippen LogP contribution in [0.5, 0.6) is 0 Å². The van der Waals surface area contributed by atoms with E-state index in [0.717, 1.165) is 27.9 Å². The molecule has 0 fully saturated rings. The predicted octanol–water partition coefficient (Wildman–Crippen LogP) is 4.90. The first-order valence-corrected chi connectivity index (χ1v) is 8.54. The zero-order valence-electron chi connectivity index (χ0n) is 12.8. The number of hydrogen-bond donors (Lipinski definition) is 1. The Balaban J connectivity index is 1.70. The molecule has 3 heteroatoms. The second kappa shape index (κ2) is 6.41. The smallest absolute Gasteiger partial charge is 0.175 e. The Kier molecular flexibility index (Phi) is 4.34. The van der Waals surface area contributed by atoms with Crippen LogP contribution in [0.2, 0.25) is 0 Å². The first kappa shape index (κ1) is 14.9. The fourth-order valence-electron chi connectivity index (χ4n) is 2.77. The number of rotatable bonds is 5. The molecule has 0 aliphatic rings. The monoisotopic (exact) mass is 309 g/mol. The van der Waals surface area contributed by atoms with Gasteiger partial charge in [0.2, 0.25) is 0 Å². The van der Waals surface area contributed by atoms with Gasteiger partial charge < -0.3 is 4.98 Å². The van der Waals surface area contributed by atoms with Crippen LogP contribution >= 0.6 is 11.8 Å². The molecule has 0 aliphatic carbocycles. The summed E-state index contributed by atoms with van der Waals surface area (Å²) >= 11 is 1.68. The van der Waals surface area contributed by atoms with Gasteiger partial charge in [-0.3, -0.25) is 4.79 Å². The molecule has 0 atom stereocenters. The summed E-state index contributed by atoms with van der Waals surface area (Å²) in [5.74, 6) is 1.58. The lowest BCUT2D eigenvalue weighted by molar-refractivity contribution is 0.102. The van der Waals surface area contributed by atoms with Crippen LogP contribution in [0.3, 0.4) is 0 Å². The number of fused-ring (bicyclic) bond motifs is 1. The Bertz CT molecular complexity index is 819. The number of Topliss-reactive ketones (excluding diaryl/α,β-unsaturated/α-hetero) is 1. The Morgan fingerprint density at radius 1 is 1.09 bits per heavy atom. The molecule has 1 heterocycles. The van der Waals surface area contributed by atoms with Gasteiger partial charge in [-0.2, -0.15) is 0 Å². The fourth-order valence-corrected chi connectivity index (χ4v) is 3.62. The van der Waals surface area contributed by atoms with Crippen molar-refractivity contribution in [1.29, 1.82) is 0 Å². The normalized spacial score (nSPS) is 11.0. The van der Waals surface area contributed by atoms with Gasteiger partial charge in [0.05, 0.1) is 5.75 Å². The van der Waals surface area contributed by atoms with Crippen LogP contribution in [-0.4, -0.2) is 16.5 Å². The van der Waals surface area contributed by atoms with Crippen molar-refractivity contribution >= 4 is 28.4 Å². The molecule has 2 aromatic carbocycles. The van der Waals surface area contributed by atoms with Crippen LogP contribution in [0.15, 0.2) is 48.5 Å². The lowest BCUT2D eigenvalue weighted by Gasteiger charge is -2.03. The van der Waals surface area contributed by atoms with E-state index in [1.807, 2.05) is 31.2 Å². The summed E-state index contributed by atoms with van der Waals surface area (Å²) in [6.07, 6.45) is 0. The zero-order valence-corrected chi connectivity index (χ0v) is 13.7. The highest BCUT2D eigenvalue weighted by Crippen LogP contribution is 2.24. The van der Waals surface area contributed by atoms with Crippen molar-refractivity contribution < 1.29 is 4.79 Å². The topological polar surface area (TPSA) is 32.9 Å². The van der Waals surface area contributed by atoms with Crippen molar-refractivity contribution in [2.45, 2.75) is 19.6 Å². The second-order valence-electron chi connectivity index (χ2n) is 5.58. The lowest BCUT2D eigenvalue weighted by atomic mass is 10.1. The van der Waals surface area contributed by atoms with Gasteiger partial charge in [0, 0.05) is 27.9 Å². The van der Waals surface area contributed by atoms with E-state index in [9.17, 15) is 4.79 Å². The number of aromatic amines is 1. The molecule has 3 rings (SSSR count). The van der Waals surface area contributed by atoms with Crippen LogP contribution < -0.4 is 0 Å². The SMILES string of the molecule is Cc1cccc(CSCC(=O)c2c(C)[nH]c3ccccc23)c1. The molecule has 3 aromatic rings. The molecule has 0 amide bonds. The van der Waals surface area contributed by atoms with Crippen LogP contribution in [0.1, 0.15) is 27.2 Å². The molecule has 0 radical (unpaired) electrons. The van der Waals surface area contributed by atoms with Crippen molar-refractivity contribution in [3.63, 3.8) is 0 Å². The quantitative estimate of drug-likeness (QED) is 0.680. The molecule has 1 N–H and O–H groups in total. The van der Waals surface area contributed by atoms with E-state index in [-0.39, 0.29) is 5.78 Å². The van der Waals surface area contributed by atoms with Gasteiger partial charge in [0.15, 0.2) is 5.78 Å². The molecule has 2 nitrogen and oxygen atoms in total. The number of nitrogens with one attached hydrogen (secondary N) is 1. The van der Waals surface area contributed by atoms with E-state index in [4.69, 9.17) is 0 Å². The number of aromatic nitrogens is 1. The number of benzene rings is 2. The van der Waals surface area contributed by atoms with E-state index < -0.39 is 0 Å². The number of aryl methyl sites for hydroxylation is 2. The van der Waals surface area contributed by atoms with Crippen molar-refractivity contribution in [2.24, 2.45) is 0 Å². The van der Waals surface area contributed by atoms with E-state index in [1.165, 1.54) is 11.1 Å². The average molecular weight is 309 g/mol. The van der Waals surface area contributed by atoms with Crippen LogP contribution in [-0.2, 0) is 5.75 Å². The third kappa shape index (κ3) is 3.09. The Hall–Kier alpha value is -2.00. The third-order valence-electron chi connectivity index (χ3n) is 3.76. The Morgan fingerprint density at radius 2 is 1.91 bits per heavy atom. The molecule has 1 aromatic heterocycles. The zero-order chi connectivity index (χ0) is 15.5. The molecule has 0 unspecified atom stereocenters. The second-order valence-corrected chi connectivity index (χ2v) is 6.56. The van der Waals surface area contributed by atoms with Gasteiger partial charge in [-0.05, 0) is 25.5 Å². The fraction of sp³-hybridized carbons (Fsp3) is 0.211. The highest BCUT2D eigenvalue weighted by atomic mass is 32.2. The highest BCUT2D eigenvalue weighted by molar-refractivity contribution is 7.99. The summed E-state index contributed by atoms with van der Waals surface area (Å²) in [5.41, 5.74) is 5.37. The van der Waals surface area contributed by atoms with Crippen molar-refractivity contribution in [3.05, 3.63) is 70.9 Å². The summed E-state index contributed by atoms with van der Waals surface area (Å²) in [4.78, 5) is 15.9. The van der Waals surface area contributed by atoms with E-state index in [1.54, 1.807) is 11.8 Å². The number of para-hydroxylation sites is 1. The number of hydrogen-bond acceptors (Lipinski definition) is 2. The Morgan fingerprint density at radius 3 is 2.73 bits per heavy atom. The minimum atomic E-state index is 0.201. The van der Waals surface area contributed by atoms with Crippen LogP contribution in [0, 0.1) is 13.8 Å². The largest absolute Gasteiger partial charge is 0.358 e. The summed E-state index contributed by atoms with van der Waals surface area (Å²) < 4.78 is 0. The average Bonchev–Trinajstić information content (AvgIpc) is 2.83. The standard InChI is InChI=1S/C19H19NOS/c1-13-6-5-7-15(10-13)11-22-12-18(21)19-14(2)20-17-9-4-3-8-16(17)19/h3-10,20H,11-12H2,1-2H3. The van der Waals surface area contributed by atoms with E-state index in [2.05, 4.69) is 36.2 Å². The lowest BCUT2D eigenvalue weighted by Crippen LogP contribution is -2.04. The molecule has 0 aliphatic heterocycles. The van der Waals surface area contributed by atoms with Gasteiger partial charge >= 0.3 is 0 Å². The first-order chi connectivity index (χ1) is 10.6. The van der Waals surface area contributed by atoms with Crippen LogP contribution in [0.25, 0.3) is 10.9 Å². The summed E-state index contributed by atoms with van der Waals surface area (Å²) in [6.45, 7) is 4.06. The molecular formula is C19H19NOS. The highest BCUT2D eigenvalue weighted by Gasteiger charge is 2.15. The van der Waals surface area contributed by atoms with Crippen LogP contribution in [0.4, 0.5) is 0 Å². The minimum absolute atomic E-state index is 0.201.